The van der Waals surface area contributed by atoms with Gasteiger partial charge < -0.3 is 15.2 Å². The van der Waals surface area contributed by atoms with Gasteiger partial charge in [-0.15, -0.1) is 11.6 Å². The van der Waals surface area contributed by atoms with Crippen molar-refractivity contribution in [2.24, 2.45) is 0 Å². The third-order valence-corrected chi connectivity index (χ3v) is 2.11. The van der Waals surface area contributed by atoms with Crippen molar-refractivity contribution in [2.75, 3.05) is 25.6 Å². The molecular weight excluding hydrogens is 249 g/mol. The number of nitrogens with one attached hydrogen (secondary N) is 1. The summed E-state index contributed by atoms with van der Waals surface area (Å²) in [6.45, 7) is 0.999. The Bertz CT molecular complexity index is 387. The number of phenolic OH excluding ortho intramolecular Hbond substituents is 1. The molecule has 0 saturated carbocycles. The molecular formula is C11H13ClFNO3. The number of rotatable bonds is 6. The Balaban J connectivity index is 2.42. The van der Waals surface area contributed by atoms with Gasteiger partial charge in [0.1, 0.15) is 11.6 Å². The lowest BCUT2D eigenvalue weighted by molar-refractivity contribution is 0.0919. The molecule has 0 radical (unpaired) electrons. The van der Waals surface area contributed by atoms with Crippen molar-refractivity contribution < 1.29 is 19.0 Å². The van der Waals surface area contributed by atoms with Crippen LogP contribution in [0, 0.1) is 5.82 Å². The van der Waals surface area contributed by atoms with Gasteiger partial charge in [-0.05, 0) is 12.1 Å². The van der Waals surface area contributed by atoms with Gasteiger partial charge in [-0.3, -0.25) is 4.79 Å². The van der Waals surface area contributed by atoms with Crippen molar-refractivity contribution in [1.29, 1.82) is 0 Å². The number of halogens is 2. The molecule has 6 heteroatoms. The van der Waals surface area contributed by atoms with Crippen LogP contribution in [0.3, 0.4) is 0 Å². The number of hydrogen-bond acceptors (Lipinski definition) is 3. The number of carbonyl (C=O) groups is 1. The number of amides is 1. The highest BCUT2D eigenvalue weighted by Crippen LogP contribution is 2.14. The van der Waals surface area contributed by atoms with Crippen LogP contribution in [-0.2, 0) is 4.74 Å². The molecule has 0 aliphatic rings. The van der Waals surface area contributed by atoms with E-state index in [1.54, 1.807) is 0 Å². The first kappa shape index (κ1) is 13.7. The van der Waals surface area contributed by atoms with Gasteiger partial charge in [0.05, 0.1) is 18.8 Å². The van der Waals surface area contributed by atoms with Crippen LogP contribution in [-0.4, -0.2) is 36.7 Å². The molecule has 0 saturated heterocycles. The maximum atomic E-state index is 13.3. The van der Waals surface area contributed by atoms with Gasteiger partial charge >= 0.3 is 0 Å². The first-order valence-electron chi connectivity index (χ1n) is 5.05. The van der Waals surface area contributed by atoms with Gasteiger partial charge in [-0.25, -0.2) is 4.39 Å². The van der Waals surface area contributed by atoms with E-state index in [4.69, 9.17) is 21.4 Å². The van der Waals surface area contributed by atoms with Crippen molar-refractivity contribution >= 4 is 17.5 Å². The monoisotopic (exact) mass is 261 g/mol. The molecule has 1 aromatic carbocycles. The zero-order valence-electron chi connectivity index (χ0n) is 9.08. The Hall–Kier alpha value is -1.33. The highest BCUT2D eigenvalue weighted by atomic mass is 35.5. The van der Waals surface area contributed by atoms with Crippen LogP contribution in [0.15, 0.2) is 18.2 Å². The highest BCUT2D eigenvalue weighted by molar-refractivity contribution is 6.17. The predicted molar refractivity (Wildman–Crippen MR) is 61.9 cm³/mol. The molecule has 0 spiro atoms. The van der Waals surface area contributed by atoms with E-state index in [2.05, 4.69) is 5.32 Å². The van der Waals surface area contributed by atoms with E-state index < -0.39 is 11.7 Å². The third kappa shape index (κ3) is 4.58. The second kappa shape index (κ2) is 7.09. The molecule has 0 fully saturated rings. The molecule has 94 valence electrons. The molecule has 0 aliphatic carbocycles. The number of benzene rings is 1. The molecule has 0 heterocycles. The topological polar surface area (TPSA) is 58.6 Å². The molecule has 2 N–H and O–H groups in total. The standard InChI is InChI=1S/C11H13ClFNO3/c12-3-5-17-6-4-14-11(16)9-2-1-8(15)7-10(9)13/h1-2,7,15H,3-6H2,(H,14,16). The van der Waals surface area contributed by atoms with Crippen LogP contribution >= 0.6 is 11.6 Å². The number of phenols is 1. The summed E-state index contributed by atoms with van der Waals surface area (Å²) in [5.74, 6) is -1.13. The van der Waals surface area contributed by atoms with Crippen LogP contribution in [0.2, 0.25) is 0 Å². The average Bonchev–Trinajstić information content (AvgIpc) is 2.28. The van der Waals surface area contributed by atoms with Crippen LogP contribution < -0.4 is 5.32 Å². The van der Waals surface area contributed by atoms with E-state index in [-0.39, 0.29) is 17.9 Å². The Kier molecular flexibility index (Phi) is 5.72. The molecule has 0 bridgehead atoms. The first-order valence-corrected chi connectivity index (χ1v) is 5.59. The molecule has 0 atom stereocenters. The number of hydrogen-bond donors (Lipinski definition) is 2. The minimum Gasteiger partial charge on any atom is -0.508 e. The zero-order chi connectivity index (χ0) is 12.7. The van der Waals surface area contributed by atoms with Gasteiger partial charge in [0, 0.05) is 18.5 Å². The van der Waals surface area contributed by atoms with E-state index in [9.17, 15) is 9.18 Å². The SMILES string of the molecule is O=C(NCCOCCCl)c1ccc(O)cc1F. The lowest BCUT2D eigenvalue weighted by Crippen LogP contribution is -2.28. The van der Waals surface area contributed by atoms with Crippen LogP contribution in [0.4, 0.5) is 4.39 Å². The minimum absolute atomic E-state index is 0.111. The summed E-state index contributed by atoms with van der Waals surface area (Å²) >= 11 is 5.39. The smallest absolute Gasteiger partial charge is 0.254 e. The van der Waals surface area contributed by atoms with Gasteiger partial charge in [-0.1, -0.05) is 0 Å². The van der Waals surface area contributed by atoms with E-state index in [1.807, 2.05) is 0 Å². The average molecular weight is 262 g/mol. The maximum absolute atomic E-state index is 13.3. The Morgan fingerprint density at radius 3 is 2.88 bits per heavy atom. The minimum atomic E-state index is -0.760. The summed E-state index contributed by atoms with van der Waals surface area (Å²) in [5, 5.41) is 11.5. The van der Waals surface area contributed by atoms with E-state index in [0.717, 1.165) is 6.07 Å². The van der Waals surface area contributed by atoms with E-state index >= 15 is 0 Å². The number of aromatic hydroxyl groups is 1. The molecule has 0 unspecified atom stereocenters. The van der Waals surface area contributed by atoms with Gasteiger partial charge in [0.2, 0.25) is 0 Å². The largest absolute Gasteiger partial charge is 0.508 e. The fraction of sp³-hybridized carbons (Fsp3) is 0.364. The zero-order valence-corrected chi connectivity index (χ0v) is 9.84. The summed E-state index contributed by atoms with van der Waals surface area (Å²) in [6.07, 6.45) is 0. The van der Waals surface area contributed by atoms with Gasteiger partial charge in [0.25, 0.3) is 5.91 Å². The van der Waals surface area contributed by atoms with Crippen LogP contribution in [0.25, 0.3) is 0 Å². The number of carbonyl (C=O) groups excluding carboxylic acids is 1. The van der Waals surface area contributed by atoms with Crippen molar-refractivity contribution in [3.8, 4) is 5.75 Å². The predicted octanol–water partition coefficient (Wildman–Crippen LogP) is 1.52. The summed E-state index contributed by atoms with van der Waals surface area (Å²) in [5.41, 5.74) is -0.111. The van der Waals surface area contributed by atoms with E-state index in [0.29, 0.717) is 19.1 Å². The second-order valence-corrected chi connectivity index (χ2v) is 3.60. The normalized spacial score (nSPS) is 10.2. The summed E-state index contributed by atoms with van der Waals surface area (Å²) in [6, 6.07) is 3.36. The van der Waals surface area contributed by atoms with E-state index in [1.165, 1.54) is 12.1 Å². The van der Waals surface area contributed by atoms with Crippen LogP contribution in [0.1, 0.15) is 10.4 Å². The lowest BCUT2D eigenvalue weighted by Gasteiger charge is -2.06. The quantitative estimate of drug-likeness (QED) is 0.603. The summed E-state index contributed by atoms with van der Waals surface area (Å²) in [7, 11) is 0. The van der Waals surface area contributed by atoms with Crippen molar-refractivity contribution in [1.82, 2.24) is 5.32 Å². The lowest BCUT2D eigenvalue weighted by atomic mass is 10.2. The van der Waals surface area contributed by atoms with Crippen molar-refractivity contribution in [3.05, 3.63) is 29.6 Å². The Morgan fingerprint density at radius 2 is 2.24 bits per heavy atom. The maximum Gasteiger partial charge on any atom is 0.254 e. The Labute approximate surface area is 103 Å². The first-order chi connectivity index (χ1) is 8.15. The highest BCUT2D eigenvalue weighted by Gasteiger charge is 2.11. The van der Waals surface area contributed by atoms with Gasteiger partial charge in [-0.2, -0.15) is 0 Å². The van der Waals surface area contributed by atoms with Crippen molar-refractivity contribution in [2.45, 2.75) is 0 Å². The van der Waals surface area contributed by atoms with Gasteiger partial charge in [0.15, 0.2) is 0 Å². The summed E-state index contributed by atoms with van der Waals surface area (Å²) in [4.78, 5) is 11.5. The number of ether oxygens (including phenoxy) is 1. The second-order valence-electron chi connectivity index (χ2n) is 3.22. The van der Waals surface area contributed by atoms with Crippen molar-refractivity contribution in [3.63, 3.8) is 0 Å². The number of alkyl halides is 1. The summed E-state index contributed by atoms with van der Waals surface area (Å²) < 4.78 is 18.3. The molecule has 1 rings (SSSR count). The molecule has 1 aromatic rings. The fourth-order valence-electron chi connectivity index (χ4n) is 1.18. The molecule has 0 aromatic heterocycles. The molecule has 1 amide bonds. The molecule has 4 nitrogen and oxygen atoms in total. The fourth-order valence-corrected chi connectivity index (χ4v) is 1.29. The Morgan fingerprint density at radius 1 is 1.47 bits per heavy atom. The molecule has 17 heavy (non-hydrogen) atoms. The third-order valence-electron chi connectivity index (χ3n) is 1.95. The van der Waals surface area contributed by atoms with Crippen LogP contribution in [0.5, 0.6) is 5.75 Å². The molecule has 0 aliphatic heterocycles.